The fraction of sp³-hybridized carbons (Fsp3) is 0.172. The van der Waals surface area contributed by atoms with Crippen molar-refractivity contribution in [3.05, 3.63) is 73.4 Å². The predicted octanol–water partition coefficient (Wildman–Crippen LogP) is 5.75. The molecular formula is C29H24N8O. The molecule has 9 heteroatoms. The molecule has 3 N–H and O–H groups in total. The van der Waals surface area contributed by atoms with E-state index in [0.717, 1.165) is 70.0 Å². The van der Waals surface area contributed by atoms with Crippen LogP contribution in [0.3, 0.4) is 0 Å². The Morgan fingerprint density at radius 2 is 1.82 bits per heavy atom. The van der Waals surface area contributed by atoms with Gasteiger partial charge in [-0.15, -0.1) is 0 Å². The summed E-state index contributed by atoms with van der Waals surface area (Å²) in [5.74, 6) is 0.817. The molecule has 0 atom stereocenters. The number of nitrogens with one attached hydrogen (secondary N) is 3. The third kappa shape index (κ3) is 3.98. The summed E-state index contributed by atoms with van der Waals surface area (Å²) < 4.78 is 0. The molecular weight excluding hydrogens is 476 g/mol. The Hall–Kier alpha value is -4.92. The Morgan fingerprint density at radius 3 is 2.68 bits per heavy atom. The number of para-hydroxylation sites is 1. The van der Waals surface area contributed by atoms with E-state index in [4.69, 9.17) is 4.98 Å². The Morgan fingerprint density at radius 1 is 0.921 bits per heavy atom. The number of rotatable bonds is 5. The first-order valence-electron chi connectivity index (χ1n) is 12.7. The molecule has 1 saturated carbocycles. The molecule has 1 aliphatic rings. The molecule has 9 nitrogen and oxygen atoms in total. The van der Waals surface area contributed by atoms with E-state index in [9.17, 15) is 4.79 Å². The van der Waals surface area contributed by atoms with Gasteiger partial charge in [0.1, 0.15) is 5.69 Å². The highest BCUT2D eigenvalue weighted by Crippen LogP contribution is 2.33. The van der Waals surface area contributed by atoms with Gasteiger partial charge in [0.25, 0.3) is 0 Å². The van der Waals surface area contributed by atoms with E-state index in [0.29, 0.717) is 17.2 Å². The molecule has 0 radical (unpaired) electrons. The van der Waals surface area contributed by atoms with Gasteiger partial charge >= 0.3 is 0 Å². The van der Waals surface area contributed by atoms with Crippen molar-refractivity contribution >= 4 is 33.5 Å². The first kappa shape index (κ1) is 22.3. The highest BCUT2D eigenvalue weighted by atomic mass is 16.1. The van der Waals surface area contributed by atoms with Gasteiger partial charge in [0, 0.05) is 46.6 Å². The summed E-state index contributed by atoms with van der Waals surface area (Å²) in [7, 11) is 0. The minimum atomic E-state index is 0.0671. The number of H-pyrrole nitrogens is 2. The van der Waals surface area contributed by atoms with Crippen LogP contribution in [0.2, 0.25) is 0 Å². The molecule has 1 aromatic carbocycles. The lowest BCUT2D eigenvalue weighted by Crippen LogP contribution is -2.20. The summed E-state index contributed by atoms with van der Waals surface area (Å²) >= 11 is 0. The van der Waals surface area contributed by atoms with Crippen molar-refractivity contribution in [2.75, 3.05) is 5.32 Å². The quantitative estimate of drug-likeness (QED) is 0.277. The molecule has 186 valence electrons. The molecule has 0 saturated heterocycles. The number of hydrogen-bond donors (Lipinski definition) is 3. The molecule has 0 unspecified atom stereocenters. The zero-order valence-electron chi connectivity index (χ0n) is 20.5. The summed E-state index contributed by atoms with van der Waals surface area (Å²) in [5, 5.41) is 11.5. The highest BCUT2D eigenvalue weighted by molar-refractivity contribution is 5.98. The van der Waals surface area contributed by atoms with Crippen molar-refractivity contribution in [1.82, 2.24) is 35.1 Å². The van der Waals surface area contributed by atoms with Gasteiger partial charge in [-0.05, 0) is 37.1 Å². The summed E-state index contributed by atoms with van der Waals surface area (Å²) in [4.78, 5) is 34.2. The highest BCUT2D eigenvalue weighted by Gasteiger charge is 2.23. The Labute approximate surface area is 217 Å². The number of pyridine rings is 3. The molecule has 1 amide bonds. The van der Waals surface area contributed by atoms with Crippen molar-refractivity contribution in [2.45, 2.75) is 25.7 Å². The van der Waals surface area contributed by atoms with Crippen LogP contribution >= 0.6 is 0 Å². The number of carbonyl (C=O) groups is 1. The van der Waals surface area contributed by atoms with Gasteiger partial charge in [0.05, 0.1) is 40.3 Å². The number of aromatic amines is 2. The van der Waals surface area contributed by atoms with E-state index in [-0.39, 0.29) is 11.8 Å². The number of carbonyl (C=O) groups excluding carboxylic acids is 1. The van der Waals surface area contributed by atoms with Crippen LogP contribution in [0.1, 0.15) is 25.7 Å². The van der Waals surface area contributed by atoms with Crippen LogP contribution in [-0.2, 0) is 4.79 Å². The lowest BCUT2D eigenvalue weighted by molar-refractivity contribution is -0.119. The second kappa shape index (κ2) is 9.19. The van der Waals surface area contributed by atoms with Crippen molar-refractivity contribution in [2.24, 2.45) is 5.92 Å². The largest absolute Gasteiger partial charge is 0.337 e. The molecule has 1 fully saturated rings. The van der Waals surface area contributed by atoms with E-state index < -0.39 is 0 Å². The summed E-state index contributed by atoms with van der Waals surface area (Å²) in [5.41, 5.74) is 7.51. The van der Waals surface area contributed by atoms with Crippen molar-refractivity contribution in [1.29, 1.82) is 0 Å². The average Bonchev–Trinajstić information content (AvgIpc) is 3.73. The number of hydrogen-bond acceptors (Lipinski definition) is 6. The van der Waals surface area contributed by atoms with Crippen LogP contribution in [0.4, 0.5) is 5.69 Å². The second-order valence-electron chi connectivity index (χ2n) is 9.65. The topological polar surface area (TPSA) is 125 Å². The van der Waals surface area contributed by atoms with Crippen molar-refractivity contribution in [3.63, 3.8) is 0 Å². The summed E-state index contributed by atoms with van der Waals surface area (Å²) in [6.45, 7) is 0. The minimum absolute atomic E-state index is 0.0671. The average molecular weight is 501 g/mol. The Kier molecular flexibility index (Phi) is 5.39. The van der Waals surface area contributed by atoms with Crippen LogP contribution < -0.4 is 5.32 Å². The zero-order valence-corrected chi connectivity index (χ0v) is 20.5. The molecule has 0 bridgehead atoms. The predicted molar refractivity (Wildman–Crippen MR) is 146 cm³/mol. The van der Waals surface area contributed by atoms with E-state index in [1.54, 1.807) is 24.8 Å². The van der Waals surface area contributed by atoms with E-state index >= 15 is 0 Å². The van der Waals surface area contributed by atoms with Gasteiger partial charge in [-0.25, -0.2) is 4.98 Å². The van der Waals surface area contributed by atoms with Crippen LogP contribution in [0.25, 0.3) is 55.8 Å². The van der Waals surface area contributed by atoms with Crippen molar-refractivity contribution in [3.8, 4) is 33.9 Å². The number of amides is 1. The van der Waals surface area contributed by atoms with Crippen LogP contribution in [0.15, 0.2) is 73.4 Å². The first-order chi connectivity index (χ1) is 18.7. The SMILES string of the molecule is O=C(Nc1cncc(-c2cc3c(-c4nc5c(-c6cccnc6)cccc5[nH]4)n[nH]c3cn2)c1)C1CCCC1. The maximum absolute atomic E-state index is 12.6. The number of anilines is 1. The number of aromatic nitrogens is 7. The molecule has 38 heavy (non-hydrogen) atoms. The summed E-state index contributed by atoms with van der Waals surface area (Å²) in [6.07, 6.45) is 12.9. The standard InChI is InChI=1S/C29H24N8O/c38-29(17-5-1-2-6-17)33-20-11-19(14-31-15-20)24-12-22-25(16-32-24)36-37-27(22)28-34-23-9-3-8-21(26(23)35-28)18-7-4-10-30-13-18/h3-4,7-17H,1-2,5-6H2,(H,33,38)(H,34,35)(H,36,37). The molecule has 6 aromatic rings. The van der Waals surface area contributed by atoms with Gasteiger partial charge < -0.3 is 10.3 Å². The maximum atomic E-state index is 12.6. The minimum Gasteiger partial charge on any atom is -0.337 e. The number of nitrogens with zero attached hydrogens (tertiary/aromatic N) is 5. The molecule has 0 aliphatic heterocycles. The Bertz CT molecular complexity index is 1780. The number of imidazole rings is 1. The van der Waals surface area contributed by atoms with E-state index in [1.807, 2.05) is 48.7 Å². The van der Waals surface area contributed by atoms with E-state index in [1.165, 1.54) is 0 Å². The third-order valence-corrected chi connectivity index (χ3v) is 7.18. The zero-order chi connectivity index (χ0) is 25.5. The summed E-state index contributed by atoms with van der Waals surface area (Å²) in [6, 6.07) is 13.9. The van der Waals surface area contributed by atoms with Gasteiger partial charge in [-0.3, -0.25) is 24.8 Å². The number of fused-ring (bicyclic) bond motifs is 2. The third-order valence-electron chi connectivity index (χ3n) is 7.18. The first-order valence-corrected chi connectivity index (χ1v) is 12.7. The van der Waals surface area contributed by atoms with Gasteiger partial charge in [0.15, 0.2) is 5.82 Å². The van der Waals surface area contributed by atoms with Gasteiger partial charge in [-0.1, -0.05) is 31.0 Å². The van der Waals surface area contributed by atoms with Crippen molar-refractivity contribution < 1.29 is 4.79 Å². The smallest absolute Gasteiger partial charge is 0.227 e. The monoisotopic (exact) mass is 500 g/mol. The van der Waals surface area contributed by atoms with Crippen LogP contribution in [-0.4, -0.2) is 41.0 Å². The van der Waals surface area contributed by atoms with Gasteiger partial charge in [0.2, 0.25) is 5.91 Å². The molecule has 5 aromatic heterocycles. The molecule has 0 spiro atoms. The lowest BCUT2D eigenvalue weighted by Gasteiger charge is -2.11. The molecule has 1 aliphatic carbocycles. The molecule has 5 heterocycles. The normalized spacial score (nSPS) is 13.9. The maximum Gasteiger partial charge on any atom is 0.227 e. The second-order valence-corrected chi connectivity index (χ2v) is 9.65. The van der Waals surface area contributed by atoms with Crippen LogP contribution in [0, 0.1) is 5.92 Å². The van der Waals surface area contributed by atoms with Crippen LogP contribution in [0.5, 0.6) is 0 Å². The Balaban J connectivity index is 1.25. The number of benzene rings is 1. The fourth-order valence-electron chi connectivity index (χ4n) is 5.24. The van der Waals surface area contributed by atoms with E-state index in [2.05, 4.69) is 35.5 Å². The fourth-order valence-corrected chi connectivity index (χ4v) is 5.24. The lowest BCUT2D eigenvalue weighted by atomic mass is 10.1. The van der Waals surface area contributed by atoms with Gasteiger partial charge in [-0.2, -0.15) is 5.10 Å². The molecule has 7 rings (SSSR count).